The second-order valence-electron chi connectivity index (χ2n) is 11.7. The quantitative estimate of drug-likeness (QED) is 0.280. The average Bonchev–Trinajstić information content (AvgIpc) is 3.44. The van der Waals surface area contributed by atoms with Crippen LogP contribution in [0.2, 0.25) is 0 Å². The molecular weight excluding hydrogens is 543 g/mol. The molecule has 218 valence electrons. The summed E-state index contributed by atoms with van der Waals surface area (Å²) in [6.07, 6.45) is 2.82. The molecule has 7 nitrogen and oxygen atoms in total. The van der Waals surface area contributed by atoms with E-state index in [1.54, 1.807) is 17.0 Å². The zero-order valence-corrected chi connectivity index (χ0v) is 22.8. The molecule has 1 aliphatic carbocycles. The van der Waals surface area contributed by atoms with Gasteiger partial charge in [0.05, 0.1) is 16.8 Å². The maximum atomic E-state index is 15.1. The van der Waals surface area contributed by atoms with Crippen LogP contribution in [0.1, 0.15) is 67.5 Å². The van der Waals surface area contributed by atoms with Crippen LogP contribution in [0, 0.1) is 11.7 Å². The Morgan fingerprint density at radius 1 is 1.10 bits per heavy atom. The fraction of sp³-hybridized carbons (Fsp3) is 0.483. The van der Waals surface area contributed by atoms with E-state index >= 15 is 4.39 Å². The maximum Gasteiger partial charge on any atom is 0.418 e. The summed E-state index contributed by atoms with van der Waals surface area (Å²) in [4.78, 5) is 15.4. The van der Waals surface area contributed by atoms with Crippen LogP contribution in [0.25, 0.3) is 11.2 Å². The van der Waals surface area contributed by atoms with Crippen molar-refractivity contribution in [2.45, 2.75) is 63.3 Å². The predicted octanol–water partition coefficient (Wildman–Crippen LogP) is 5.63. The van der Waals surface area contributed by atoms with Crippen molar-refractivity contribution in [2.75, 3.05) is 13.1 Å². The summed E-state index contributed by atoms with van der Waals surface area (Å²) in [6, 6.07) is 5.23. The number of imidazole rings is 1. The van der Waals surface area contributed by atoms with Crippen LogP contribution in [-0.2, 0) is 19.8 Å². The summed E-state index contributed by atoms with van der Waals surface area (Å²) >= 11 is 0. The van der Waals surface area contributed by atoms with Gasteiger partial charge in [-0.05, 0) is 73.9 Å². The van der Waals surface area contributed by atoms with E-state index in [1.807, 2.05) is 11.9 Å². The summed E-state index contributed by atoms with van der Waals surface area (Å²) in [5.74, 6) is -0.00316. The third-order valence-electron chi connectivity index (χ3n) is 8.62. The van der Waals surface area contributed by atoms with Crippen LogP contribution >= 0.6 is 0 Å². The van der Waals surface area contributed by atoms with Gasteiger partial charge in [-0.25, -0.2) is 13.6 Å². The van der Waals surface area contributed by atoms with Gasteiger partial charge in [0.2, 0.25) is 0 Å². The highest BCUT2D eigenvalue weighted by atomic mass is 19.4. The van der Waals surface area contributed by atoms with Gasteiger partial charge in [0.15, 0.2) is 0 Å². The Morgan fingerprint density at radius 3 is 2.44 bits per heavy atom. The van der Waals surface area contributed by atoms with Crippen LogP contribution in [0.15, 0.2) is 47.8 Å². The van der Waals surface area contributed by atoms with Gasteiger partial charge in [-0.15, -0.1) is 10.2 Å². The molecule has 3 aromatic heterocycles. The molecule has 0 unspecified atom stereocenters. The molecule has 2 aliphatic rings. The lowest BCUT2D eigenvalue weighted by molar-refractivity contribution is -0.136. The normalized spacial score (nSPS) is 19.0. The zero-order chi connectivity index (χ0) is 29.1. The molecule has 2 fully saturated rings. The van der Waals surface area contributed by atoms with Gasteiger partial charge < -0.3 is 4.57 Å². The van der Waals surface area contributed by atoms with Gasteiger partial charge in [0.25, 0.3) is 0 Å². The molecule has 1 aliphatic heterocycles. The van der Waals surface area contributed by atoms with Gasteiger partial charge >= 0.3 is 11.9 Å². The van der Waals surface area contributed by atoms with Gasteiger partial charge in [-0.3, -0.25) is 13.9 Å². The van der Waals surface area contributed by atoms with Crippen LogP contribution in [0.4, 0.5) is 22.0 Å². The topological polar surface area (TPSA) is 60.4 Å². The molecule has 12 heteroatoms. The molecule has 41 heavy (non-hydrogen) atoms. The molecule has 1 saturated heterocycles. The van der Waals surface area contributed by atoms with E-state index in [9.17, 15) is 22.4 Å². The van der Waals surface area contributed by atoms with E-state index in [1.165, 1.54) is 19.2 Å². The van der Waals surface area contributed by atoms with Gasteiger partial charge in [0.1, 0.15) is 23.6 Å². The number of aryl methyl sites for hydroxylation is 1. The molecule has 1 saturated carbocycles. The van der Waals surface area contributed by atoms with Crippen molar-refractivity contribution in [3.05, 3.63) is 81.8 Å². The highest BCUT2D eigenvalue weighted by Crippen LogP contribution is 2.43. The zero-order valence-electron chi connectivity index (χ0n) is 22.8. The number of likely N-dealkylation sites (tertiary alicyclic amines) is 1. The molecule has 0 N–H and O–H groups in total. The van der Waals surface area contributed by atoms with Crippen molar-refractivity contribution >= 4 is 5.52 Å². The first-order valence-electron chi connectivity index (χ1n) is 13.8. The number of alkyl halides is 4. The molecule has 1 aromatic carbocycles. The Labute approximate surface area is 233 Å². The standard InChI is InChI=1S/C29H31F5N6O/c1-28(31)6-8-38(9-7-28)14-18-10-23(29(32,33)34)24-16-39(27(41)40(24)15-18)22-12-20(11-21(30)13-22)25(19-4-3-5-19)26-36-35-17-37(26)2/h10-13,15-17,19,25H,3-9,14H2,1-2H3/t25-/m1/s1. The predicted molar refractivity (Wildman–Crippen MR) is 142 cm³/mol. The minimum absolute atomic E-state index is 0.133. The van der Waals surface area contributed by atoms with Gasteiger partial charge in [-0.2, -0.15) is 13.2 Å². The Kier molecular flexibility index (Phi) is 6.79. The SMILES string of the molecule is Cn1cnnc1[C@@H](c1cc(F)cc(-n2cc3c(C(F)(F)F)cc(CN4CCC(C)(F)CC4)cn3c2=O)c1)C1CCC1. The van der Waals surface area contributed by atoms with Crippen molar-refractivity contribution in [3.63, 3.8) is 0 Å². The molecule has 4 aromatic rings. The van der Waals surface area contributed by atoms with Crippen molar-refractivity contribution < 1.29 is 22.0 Å². The van der Waals surface area contributed by atoms with Crippen molar-refractivity contribution in [1.82, 2.24) is 28.6 Å². The first-order chi connectivity index (χ1) is 19.4. The number of halogens is 5. The van der Waals surface area contributed by atoms with E-state index in [0.717, 1.165) is 46.6 Å². The van der Waals surface area contributed by atoms with E-state index in [-0.39, 0.29) is 42.4 Å². The van der Waals surface area contributed by atoms with Crippen LogP contribution in [0.5, 0.6) is 0 Å². The third kappa shape index (κ3) is 5.29. The van der Waals surface area contributed by atoms with Crippen LogP contribution in [-0.4, -0.2) is 47.4 Å². The van der Waals surface area contributed by atoms with E-state index < -0.39 is 28.9 Å². The summed E-state index contributed by atoms with van der Waals surface area (Å²) in [5.41, 5.74) is -2.30. The molecule has 0 radical (unpaired) electrons. The summed E-state index contributed by atoms with van der Waals surface area (Å²) in [6.45, 7) is 2.49. The molecule has 0 amide bonds. The molecular formula is C29H31F5N6O. The van der Waals surface area contributed by atoms with Crippen molar-refractivity contribution in [3.8, 4) is 5.69 Å². The number of hydrogen-bond donors (Lipinski definition) is 0. The van der Waals surface area contributed by atoms with Crippen molar-refractivity contribution in [2.24, 2.45) is 13.0 Å². The summed E-state index contributed by atoms with van der Waals surface area (Å²) < 4.78 is 75.8. The number of aromatic nitrogens is 5. The second-order valence-corrected chi connectivity index (χ2v) is 11.7. The number of hydrogen-bond acceptors (Lipinski definition) is 4. The fourth-order valence-electron chi connectivity index (χ4n) is 6.07. The fourth-order valence-corrected chi connectivity index (χ4v) is 6.07. The molecule has 1 atom stereocenters. The van der Waals surface area contributed by atoms with Crippen LogP contribution in [0.3, 0.4) is 0 Å². The Morgan fingerprint density at radius 2 is 1.83 bits per heavy atom. The van der Waals surface area contributed by atoms with Crippen LogP contribution < -0.4 is 5.69 Å². The lowest BCUT2D eigenvalue weighted by Crippen LogP contribution is -2.39. The van der Waals surface area contributed by atoms with Gasteiger partial charge in [0, 0.05) is 45.0 Å². The molecule has 0 bridgehead atoms. The van der Waals surface area contributed by atoms with Gasteiger partial charge in [-0.1, -0.05) is 6.42 Å². The highest BCUT2D eigenvalue weighted by molar-refractivity contribution is 5.58. The lowest BCUT2D eigenvalue weighted by atomic mass is 9.72. The number of fused-ring (bicyclic) bond motifs is 1. The first kappa shape index (κ1) is 27.6. The monoisotopic (exact) mass is 574 g/mol. The van der Waals surface area contributed by atoms with E-state index in [0.29, 0.717) is 30.0 Å². The molecule has 4 heterocycles. The number of nitrogens with zero attached hydrogens (tertiary/aromatic N) is 6. The molecule has 6 rings (SSSR count). The minimum Gasteiger partial charge on any atom is -0.320 e. The minimum atomic E-state index is -4.73. The highest BCUT2D eigenvalue weighted by Gasteiger charge is 2.36. The largest absolute Gasteiger partial charge is 0.418 e. The number of piperidine rings is 1. The molecule has 0 spiro atoms. The summed E-state index contributed by atoms with van der Waals surface area (Å²) in [7, 11) is 1.81. The second kappa shape index (κ2) is 10.1. The summed E-state index contributed by atoms with van der Waals surface area (Å²) in [5, 5.41) is 8.23. The smallest absolute Gasteiger partial charge is 0.320 e. The number of rotatable bonds is 6. The third-order valence-corrected chi connectivity index (χ3v) is 8.62. The van der Waals surface area contributed by atoms with E-state index in [2.05, 4.69) is 10.2 Å². The Hall–Kier alpha value is -3.54. The lowest BCUT2D eigenvalue weighted by Gasteiger charge is -2.34. The average molecular weight is 575 g/mol. The maximum absolute atomic E-state index is 15.1. The first-order valence-corrected chi connectivity index (χ1v) is 13.8. The number of benzene rings is 1. The Balaban J connectivity index is 1.43. The van der Waals surface area contributed by atoms with Crippen molar-refractivity contribution in [1.29, 1.82) is 0 Å². The number of pyridine rings is 1. The Bertz CT molecular complexity index is 1640. The van der Waals surface area contributed by atoms with E-state index in [4.69, 9.17) is 0 Å².